The van der Waals surface area contributed by atoms with E-state index in [2.05, 4.69) is 21.7 Å². The molecule has 0 amide bonds. The molecule has 1 aromatic heterocycles. The van der Waals surface area contributed by atoms with Crippen LogP contribution in [-0.4, -0.2) is 16.7 Å². The number of aromatic nitrogens is 2. The SMILES string of the molecule is COc1ccccc1Cn1c(CN)nc2ccccc21. The van der Waals surface area contributed by atoms with Crippen molar-refractivity contribution in [3.05, 3.63) is 59.9 Å². The Labute approximate surface area is 117 Å². The fourth-order valence-electron chi connectivity index (χ4n) is 2.46. The van der Waals surface area contributed by atoms with Crippen LogP contribution in [0.5, 0.6) is 5.75 Å². The van der Waals surface area contributed by atoms with Crippen LogP contribution in [-0.2, 0) is 13.1 Å². The summed E-state index contributed by atoms with van der Waals surface area (Å²) in [6, 6.07) is 16.1. The number of benzene rings is 2. The Morgan fingerprint density at radius 3 is 2.65 bits per heavy atom. The first-order valence-electron chi connectivity index (χ1n) is 6.59. The van der Waals surface area contributed by atoms with Gasteiger partial charge in [-0.1, -0.05) is 30.3 Å². The minimum absolute atomic E-state index is 0.420. The highest BCUT2D eigenvalue weighted by molar-refractivity contribution is 5.76. The number of nitrogens with two attached hydrogens (primary N) is 1. The van der Waals surface area contributed by atoms with Crippen molar-refractivity contribution >= 4 is 11.0 Å². The fraction of sp³-hybridized carbons (Fsp3) is 0.188. The van der Waals surface area contributed by atoms with Crippen LogP contribution < -0.4 is 10.5 Å². The molecule has 3 aromatic rings. The lowest BCUT2D eigenvalue weighted by Crippen LogP contribution is -2.10. The Balaban J connectivity index is 2.10. The van der Waals surface area contributed by atoms with Gasteiger partial charge in [0.1, 0.15) is 11.6 Å². The van der Waals surface area contributed by atoms with E-state index in [4.69, 9.17) is 10.5 Å². The summed E-state index contributed by atoms with van der Waals surface area (Å²) in [4.78, 5) is 4.58. The molecule has 0 radical (unpaired) electrons. The summed E-state index contributed by atoms with van der Waals surface area (Å²) in [5.74, 6) is 1.77. The zero-order valence-electron chi connectivity index (χ0n) is 11.4. The molecule has 3 rings (SSSR count). The van der Waals surface area contributed by atoms with Crippen molar-refractivity contribution in [2.75, 3.05) is 7.11 Å². The van der Waals surface area contributed by atoms with Crippen LogP contribution in [0.25, 0.3) is 11.0 Å². The molecule has 2 N–H and O–H groups in total. The van der Waals surface area contributed by atoms with Gasteiger partial charge in [0.05, 0.1) is 31.2 Å². The number of para-hydroxylation sites is 3. The second-order valence-electron chi connectivity index (χ2n) is 4.62. The molecule has 4 nitrogen and oxygen atoms in total. The maximum absolute atomic E-state index is 5.82. The van der Waals surface area contributed by atoms with Crippen LogP contribution in [0.3, 0.4) is 0 Å². The van der Waals surface area contributed by atoms with Crippen LogP contribution >= 0.6 is 0 Å². The summed E-state index contributed by atoms with van der Waals surface area (Å²) in [6.45, 7) is 1.13. The largest absolute Gasteiger partial charge is 0.496 e. The van der Waals surface area contributed by atoms with E-state index in [1.807, 2.05) is 36.4 Å². The lowest BCUT2D eigenvalue weighted by Gasteiger charge is -2.11. The normalized spacial score (nSPS) is 10.9. The molecule has 0 bridgehead atoms. The fourth-order valence-corrected chi connectivity index (χ4v) is 2.46. The average molecular weight is 267 g/mol. The summed E-state index contributed by atoms with van der Waals surface area (Å²) >= 11 is 0. The van der Waals surface area contributed by atoms with E-state index in [1.54, 1.807) is 7.11 Å². The zero-order chi connectivity index (χ0) is 13.9. The number of imidazole rings is 1. The first kappa shape index (κ1) is 12.7. The van der Waals surface area contributed by atoms with Crippen LogP contribution in [0.1, 0.15) is 11.4 Å². The quantitative estimate of drug-likeness (QED) is 0.790. The van der Waals surface area contributed by atoms with Gasteiger partial charge < -0.3 is 15.0 Å². The third-order valence-electron chi connectivity index (χ3n) is 3.44. The number of ether oxygens (including phenoxy) is 1. The van der Waals surface area contributed by atoms with Crippen molar-refractivity contribution in [3.63, 3.8) is 0 Å². The molecule has 2 aromatic carbocycles. The van der Waals surface area contributed by atoms with Gasteiger partial charge in [-0.15, -0.1) is 0 Å². The van der Waals surface area contributed by atoms with E-state index >= 15 is 0 Å². The van der Waals surface area contributed by atoms with E-state index in [1.165, 1.54) is 0 Å². The molecule has 0 spiro atoms. The van der Waals surface area contributed by atoms with Crippen molar-refractivity contribution in [1.29, 1.82) is 0 Å². The highest BCUT2D eigenvalue weighted by Crippen LogP contribution is 2.22. The maximum atomic E-state index is 5.82. The Morgan fingerprint density at radius 1 is 1.10 bits per heavy atom. The number of hydrogen-bond donors (Lipinski definition) is 1. The minimum atomic E-state index is 0.420. The third kappa shape index (κ3) is 2.14. The molecule has 0 saturated heterocycles. The first-order chi connectivity index (χ1) is 9.83. The molecule has 102 valence electrons. The molecule has 0 saturated carbocycles. The molecule has 1 heterocycles. The highest BCUT2D eigenvalue weighted by Gasteiger charge is 2.11. The van der Waals surface area contributed by atoms with Crippen molar-refractivity contribution in [3.8, 4) is 5.75 Å². The molecule has 0 atom stereocenters. The van der Waals surface area contributed by atoms with Gasteiger partial charge >= 0.3 is 0 Å². The van der Waals surface area contributed by atoms with Gasteiger partial charge in [-0.2, -0.15) is 0 Å². The molecule has 0 fully saturated rings. The van der Waals surface area contributed by atoms with Gasteiger partial charge in [-0.3, -0.25) is 0 Å². The van der Waals surface area contributed by atoms with Crippen molar-refractivity contribution in [1.82, 2.24) is 9.55 Å². The summed E-state index contributed by atoms with van der Waals surface area (Å²) in [7, 11) is 1.69. The molecule has 4 heteroatoms. The second kappa shape index (κ2) is 5.35. The Bertz CT molecular complexity index is 733. The van der Waals surface area contributed by atoms with E-state index in [0.29, 0.717) is 13.1 Å². The standard InChI is InChI=1S/C16H17N3O/c1-20-15-9-5-2-6-12(15)11-19-14-8-4-3-7-13(14)18-16(19)10-17/h2-9H,10-11,17H2,1H3. The van der Waals surface area contributed by atoms with E-state index in [-0.39, 0.29) is 0 Å². The topological polar surface area (TPSA) is 53.1 Å². The number of fused-ring (bicyclic) bond motifs is 1. The number of methoxy groups -OCH3 is 1. The van der Waals surface area contributed by atoms with Crippen LogP contribution in [0, 0.1) is 0 Å². The molecular weight excluding hydrogens is 250 g/mol. The maximum Gasteiger partial charge on any atom is 0.123 e. The Hall–Kier alpha value is -2.33. The lowest BCUT2D eigenvalue weighted by atomic mass is 10.2. The highest BCUT2D eigenvalue weighted by atomic mass is 16.5. The minimum Gasteiger partial charge on any atom is -0.496 e. The molecule has 0 unspecified atom stereocenters. The Kier molecular flexibility index (Phi) is 3.39. The summed E-state index contributed by atoms with van der Waals surface area (Å²) in [5, 5.41) is 0. The van der Waals surface area contributed by atoms with E-state index < -0.39 is 0 Å². The van der Waals surface area contributed by atoms with Gasteiger partial charge in [0.2, 0.25) is 0 Å². The molecule has 20 heavy (non-hydrogen) atoms. The van der Waals surface area contributed by atoms with Crippen molar-refractivity contribution in [2.45, 2.75) is 13.1 Å². The van der Waals surface area contributed by atoms with E-state index in [9.17, 15) is 0 Å². The summed E-state index contributed by atoms with van der Waals surface area (Å²) < 4.78 is 7.56. The molecule has 0 aliphatic rings. The van der Waals surface area contributed by atoms with Gasteiger partial charge in [0, 0.05) is 5.56 Å². The first-order valence-corrected chi connectivity index (χ1v) is 6.59. The Morgan fingerprint density at radius 2 is 1.85 bits per heavy atom. The van der Waals surface area contributed by atoms with Gasteiger partial charge in [0.15, 0.2) is 0 Å². The van der Waals surface area contributed by atoms with Crippen molar-refractivity contribution < 1.29 is 4.74 Å². The van der Waals surface area contributed by atoms with Gasteiger partial charge in [-0.25, -0.2) is 4.98 Å². The average Bonchev–Trinajstić information content (AvgIpc) is 2.86. The number of hydrogen-bond acceptors (Lipinski definition) is 3. The third-order valence-corrected chi connectivity index (χ3v) is 3.44. The van der Waals surface area contributed by atoms with Crippen LogP contribution in [0.2, 0.25) is 0 Å². The summed E-state index contributed by atoms with van der Waals surface area (Å²) in [5.41, 5.74) is 9.01. The second-order valence-corrected chi connectivity index (χ2v) is 4.62. The molecule has 0 aliphatic carbocycles. The summed E-state index contributed by atoms with van der Waals surface area (Å²) in [6.07, 6.45) is 0. The number of rotatable bonds is 4. The molecule has 0 aliphatic heterocycles. The van der Waals surface area contributed by atoms with Crippen LogP contribution in [0.4, 0.5) is 0 Å². The van der Waals surface area contributed by atoms with Crippen LogP contribution in [0.15, 0.2) is 48.5 Å². The number of nitrogens with zero attached hydrogens (tertiary/aromatic N) is 2. The van der Waals surface area contributed by atoms with Crippen molar-refractivity contribution in [2.24, 2.45) is 5.73 Å². The van der Waals surface area contributed by atoms with E-state index in [0.717, 1.165) is 28.2 Å². The molecular formula is C16H17N3O. The predicted molar refractivity (Wildman–Crippen MR) is 79.7 cm³/mol. The monoisotopic (exact) mass is 267 g/mol. The van der Waals surface area contributed by atoms with Gasteiger partial charge in [0.25, 0.3) is 0 Å². The zero-order valence-corrected chi connectivity index (χ0v) is 11.4. The lowest BCUT2D eigenvalue weighted by molar-refractivity contribution is 0.408. The van der Waals surface area contributed by atoms with Gasteiger partial charge in [-0.05, 0) is 18.2 Å². The smallest absolute Gasteiger partial charge is 0.123 e. The predicted octanol–water partition coefficient (Wildman–Crippen LogP) is 2.55.